The number of hydrogen-bond donors (Lipinski definition) is 0. The summed E-state index contributed by atoms with van der Waals surface area (Å²) in [7, 11) is -1.65. The lowest BCUT2D eigenvalue weighted by Crippen LogP contribution is -2.29. The van der Waals surface area contributed by atoms with Gasteiger partial charge in [0.25, 0.3) is 0 Å². The molecular weight excluding hydrogens is 292 g/mol. The Balaban J connectivity index is 4.37. The molecule has 0 aliphatic heterocycles. The van der Waals surface area contributed by atoms with E-state index in [1.165, 1.54) is 0 Å². The fraction of sp³-hybridized carbons (Fsp3) is 0.778. The minimum Gasteiger partial charge on any atom is -0.204 e. The van der Waals surface area contributed by atoms with Crippen molar-refractivity contribution in [2.75, 3.05) is 0 Å². The number of rotatable bonds is 3. The summed E-state index contributed by atoms with van der Waals surface area (Å²) in [5.74, 6) is -1.42. The van der Waals surface area contributed by atoms with Crippen LogP contribution in [0.5, 0.6) is 0 Å². The van der Waals surface area contributed by atoms with E-state index in [-0.39, 0.29) is 0 Å². The zero-order valence-corrected chi connectivity index (χ0v) is 11.3. The van der Waals surface area contributed by atoms with Crippen molar-refractivity contribution < 1.29 is 17.6 Å². The Morgan fingerprint density at radius 1 is 1.27 bits per heavy atom. The highest BCUT2D eigenvalue weighted by Gasteiger charge is 2.41. The quantitative estimate of drug-likeness (QED) is 0.321. The molecule has 0 aromatic heterocycles. The zero-order valence-electron chi connectivity index (χ0n) is 8.75. The van der Waals surface area contributed by atoms with Gasteiger partial charge >= 0.3 is 12.3 Å². The summed E-state index contributed by atoms with van der Waals surface area (Å²) in [4.78, 5) is -0.881. The first-order valence-electron chi connectivity index (χ1n) is 4.37. The Bertz CT molecular complexity index is 262. The van der Waals surface area contributed by atoms with Crippen LogP contribution in [0.1, 0.15) is 6.42 Å². The first-order valence-corrected chi connectivity index (χ1v) is 8.79. The molecule has 0 aliphatic rings. The van der Waals surface area contributed by atoms with Crippen molar-refractivity contribution in [3.8, 4) is 11.5 Å². The molecular formula is C9H13BrF4Si. The van der Waals surface area contributed by atoms with Crippen LogP contribution in [0.2, 0.25) is 19.6 Å². The maximum Gasteiger partial charge on any atom is 0.309 e. The van der Waals surface area contributed by atoms with Crippen molar-refractivity contribution in [3.63, 3.8) is 0 Å². The Morgan fingerprint density at radius 3 is 2.07 bits per heavy atom. The van der Waals surface area contributed by atoms with Crippen LogP contribution in [-0.2, 0) is 0 Å². The molecule has 0 N–H and O–H groups in total. The molecule has 15 heavy (non-hydrogen) atoms. The lowest BCUT2D eigenvalue weighted by Gasteiger charge is -2.16. The van der Waals surface area contributed by atoms with Crippen LogP contribution >= 0.6 is 15.9 Å². The number of halogens is 5. The average molecular weight is 305 g/mol. The van der Waals surface area contributed by atoms with Gasteiger partial charge in [0.15, 0.2) is 0 Å². The lowest BCUT2D eigenvalue weighted by molar-refractivity contribution is -0.130. The third-order valence-electron chi connectivity index (χ3n) is 1.37. The molecule has 0 saturated heterocycles. The summed E-state index contributed by atoms with van der Waals surface area (Å²) < 4.78 is 48.8. The van der Waals surface area contributed by atoms with E-state index in [2.05, 4.69) is 27.4 Å². The Labute approximate surface area is 96.6 Å². The van der Waals surface area contributed by atoms with Gasteiger partial charge in [-0.25, -0.2) is 17.6 Å². The fourth-order valence-electron chi connectivity index (χ4n) is 0.674. The molecule has 0 bridgehead atoms. The molecule has 0 heterocycles. The second-order valence-corrected chi connectivity index (χ2v) is 10.1. The van der Waals surface area contributed by atoms with Crippen molar-refractivity contribution in [3.05, 3.63) is 0 Å². The molecule has 0 spiro atoms. The predicted octanol–water partition coefficient (Wildman–Crippen LogP) is 3.92. The van der Waals surface area contributed by atoms with Crippen LogP contribution in [0.15, 0.2) is 0 Å². The Morgan fingerprint density at radius 2 is 1.73 bits per heavy atom. The standard InChI is InChI=1S/C9H13BrF4Si/c1-15(2,3)5-4-7(10)6-9(13,14)8(11)12/h7-8H,6H2,1-3H3. The summed E-state index contributed by atoms with van der Waals surface area (Å²) in [6, 6.07) is 0. The van der Waals surface area contributed by atoms with Gasteiger partial charge in [0.2, 0.25) is 0 Å². The van der Waals surface area contributed by atoms with E-state index in [1.54, 1.807) is 0 Å². The molecule has 0 aromatic carbocycles. The topological polar surface area (TPSA) is 0 Å². The van der Waals surface area contributed by atoms with Crippen molar-refractivity contribution >= 4 is 24.0 Å². The summed E-state index contributed by atoms with van der Waals surface area (Å²) >= 11 is 2.87. The van der Waals surface area contributed by atoms with Crippen LogP contribution in [-0.4, -0.2) is 25.2 Å². The molecule has 0 nitrogen and oxygen atoms in total. The molecule has 0 rings (SSSR count). The van der Waals surface area contributed by atoms with Crippen LogP contribution in [0, 0.1) is 11.5 Å². The van der Waals surface area contributed by atoms with Gasteiger partial charge in [0.1, 0.15) is 8.07 Å². The second kappa shape index (κ2) is 5.35. The molecule has 0 aliphatic carbocycles. The van der Waals surface area contributed by atoms with E-state index >= 15 is 0 Å². The van der Waals surface area contributed by atoms with Gasteiger partial charge in [-0.3, -0.25) is 0 Å². The first kappa shape index (κ1) is 15.0. The van der Waals surface area contributed by atoms with E-state index in [0.717, 1.165) is 0 Å². The van der Waals surface area contributed by atoms with Gasteiger partial charge in [-0.1, -0.05) is 41.5 Å². The number of alkyl halides is 5. The first-order chi connectivity index (χ1) is 6.54. The third kappa shape index (κ3) is 6.96. The molecule has 0 saturated carbocycles. The summed E-state index contributed by atoms with van der Waals surface area (Å²) in [5, 5.41) is 0. The third-order valence-corrected chi connectivity index (χ3v) is 2.82. The fourth-order valence-corrected chi connectivity index (χ4v) is 2.04. The van der Waals surface area contributed by atoms with E-state index in [4.69, 9.17) is 0 Å². The van der Waals surface area contributed by atoms with E-state index in [1.807, 2.05) is 19.6 Å². The van der Waals surface area contributed by atoms with Crippen LogP contribution in [0.4, 0.5) is 17.6 Å². The van der Waals surface area contributed by atoms with Gasteiger partial charge in [-0.05, 0) is 0 Å². The maximum absolute atomic E-state index is 12.6. The molecule has 88 valence electrons. The molecule has 1 unspecified atom stereocenters. The largest absolute Gasteiger partial charge is 0.309 e. The molecule has 6 heteroatoms. The average Bonchev–Trinajstić information content (AvgIpc) is 1.98. The van der Waals surface area contributed by atoms with Crippen molar-refractivity contribution in [2.45, 2.75) is 43.2 Å². The van der Waals surface area contributed by atoms with E-state index in [9.17, 15) is 17.6 Å². The van der Waals surface area contributed by atoms with Gasteiger partial charge < -0.3 is 0 Å². The molecule has 0 fully saturated rings. The Hall–Kier alpha value is -0.0231. The summed E-state index contributed by atoms with van der Waals surface area (Å²) in [5.41, 5.74) is 2.85. The highest BCUT2D eigenvalue weighted by Crippen LogP contribution is 2.30. The highest BCUT2D eigenvalue weighted by molar-refractivity contribution is 9.09. The van der Waals surface area contributed by atoms with Crippen molar-refractivity contribution in [1.82, 2.24) is 0 Å². The monoisotopic (exact) mass is 304 g/mol. The molecule has 1 atom stereocenters. The highest BCUT2D eigenvalue weighted by atomic mass is 79.9. The number of hydrogen-bond acceptors (Lipinski definition) is 0. The lowest BCUT2D eigenvalue weighted by atomic mass is 10.2. The molecule has 0 aromatic rings. The van der Waals surface area contributed by atoms with Crippen LogP contribution in [0.3, 0.4) is 0 Å². The van der Waals surface area contributed by atoms with Crippen molar-refractivity contribution in [2.24, 2.45) is 0 Å². The molecule has 0 radical (unpaired) electrons. The van der Waals surface area contributed by atoms with Gasteiger partial charge in [0, 0.05) is 6.42 Å². The smallest absolute Gasteiger partial charge is 0.204 e. The van der Waals surface area contributed by atoms with E-state index in [0.29, 0.717) is 0 Å². The SMILES string of the molecule is C[Si](C)(C)C#CC(Br)CC(F)(F)C(F)F. The second-order valence-electron chi connectivity index (χ2n) is 4.25. The zero-order chi connectivity index (χ0) is 12.3. The van der Waals surface area contributed by atoms with Crippen molar-refractivity contribution in [1.29, 1.82) is 0 Å². The maximum atomic E-state index is 12.6. The van der Waals surface area contributed by atoms with Crippen LogP contribution in [0.25, 0.3) is 0 Å². The van der Waals surface area contributed by atoms with E-state index < -0.39 is 31.7 Å². The predicted molar refractivity (Wildman–Crippen MR) is 59.4 cm³/mol. The molecule has 0 amide bonds. The minimum absolute atomic E-state index is 0.881. The van der Waals surface area contributed by atoms with Gasteiger partial charge in [-0.15, -0.1) is 5.54 Å². The normalized spacial score (nSPS) is 14.7. The Kier molecular flexibility index (Phi) is 5.34. The van der Waals surface area contributed by atoms with Crippen LogP contribution < -0.4 is 0 Å². The van der Waals surface area contributed by atoms with Gasteiger partial charge in [-0.2, -0.15) is 0 Å². The minimum atomic E-state index is -3.97. The summed E-state index contributed by atoms with van der Waals surface area (Å²) in [6.45, 7) is 5.85. The summed E-state index contributed by atoms with van der Waals surface area (Å²) in [6.07, 6.45) is -4.59. The van der Waals surface area contributed by atoms with Gasteiger partial charge in [0.05, 0.1) is 4.83 Å².